The summed E-state index contributed by atoms with van der Waals surface area (Å²) in [4.78, 5) is 22.8. The Balaban J connectivity index is 3.08. The first kappa shape index (κ1) is 13.0. The Hall–Kier alpha value is -2.03. The predicted octanol–water partition coefficient (Wildman–Crippen LogP) is 0.600. The van der Waals surface area contributed by atoms with Gasteiger partial charge >= 0.3 is 5.97 Å². The molecule has 1 heterocycles. The second-order valence-corrected chi connectivity index (χ2v) is 3.82. The second kappa shape index (κ2) is 4.87. The van der Waals surface area contributed by atoms with Crippen LogP contribution in [0, 0.1) is 11.3 Å². The highest BCUT2D eigenvalue weighted by Crippen LogP contribution is 2.30. The lowest BCUT2D eigenvalue weighted by Crippen LogP contribution is -2.57. The fraction of sp³-hybridized carbons (Fsp3) is 0.545. The maximum absolute atomic E-state index is 11.7. The molecule has 1 amide bonds. The van der Waals surface area contributed by atoms with Crippen molar-refractivity contribution in [1.29, 1.82) is 5.26 Å². The zero-order valence-corrected chi connectivity index (χ0v) is 9.99. The SMILES string of the molecule is COC(=O)C1(NC(C)=O)CCC(C)=C(C#N)O1. The third-order valence-corrected chi connectivity index (χ3v) is 2.51. The van der Waals surface area contributed by atoms with Crippen molar-refractivity contribution in [2.75, 3.05) is 7.11 Å². The summed E-state index contributed by atoms with van der Waals surface area (Å²) in [6.07, 6.45) is 0.731. The van der Waals surface area contributed by atoms with E-state index in [9.17, 15) is 9.59 Å². The summed E-state index contributed by atoms with van der Waals surface area (Å²) in [5, 5.41) is 11.3. The van der Waals surface area contributed by atoms with Crippen LogP contribution in [0.15, 0.2) is 11.3 Å². The predicted molar refractivity (Wildman–Crippen MR) is 57.2 cm³/mol. The number of nitrogens with one attached hydrogen (secondary N) is 1. The van der Waals surface area contributed by atoms with Gasteiger partial charge in [-0.15, -0.1) is 0 Å². The van der Waals surface area contributed by atoms with Crippen molar-refractivity contribution in [1.82, 2.24) is 5.32 Å². The Morgan fingerprint density at radius 3 is 2.71 bits per heavy atom. The first-order valence-corrected chi connectivity index (χ1v) is 5.11. The Kier molecular flexibility index (Phi) is 3.73. The molecule has 1 unspecified atom stereocenters. The number of ether oxygens (including phenoxy) is 2. The van der Waals surface area contributed by atoms with Gasteiger partial charge in [0.15, 0.2) is 5.76 Å². The van der Waals surface area contributed by atoms with Crippen molar-refractivity contribution in [3.63, 3.8) is 0 Å². The van der Waals surface area contributed by atoms with Gasteiger partial charge in [0.25, 0.3) is 5.72 Å². The van der Waals surface area contributed by atoms with E-state index in [1.54, 1.807) is 6.92 Å². The van der Waals surface area contributed by atoms with Gasteiger partial charge in [0, 0.05) is 13.3 Å². The molecule has 1 aliphatic rings. The molecule has 0 radical (unpaired) electrons. The number of hydrogen-bond acceptors (Lipinski definition) is 5. The fourth-order valence-electron chi connectivity index (χ4n) is 1.64. The van der Waals surface area contributed by atoms with Crippen molar-refractivity contribution in [2.45, 2.75) is 32.4 Å². The number of carbonyl (C=O) groups excluding carboxylic acids is 2. The van der Waals surface area contributed by atoms with Crippen LogP contribution in [-0.4, -0.2) is 24.7 Å². The van der Waals surface area contributed by atoms with Crippen molar-refractivity contribution in [2.24, 2.45) is 0 Å². The third kappa shape index (κ3) is 2.56. The summed E-state index contributed by atoms with van der Waals surface area (Å²) in [6, 6.07) is 1.86. The molecular weight excluding hydrogens is 224 g/mol. The molecule has 0 aromatic rings. The lowest BCUT2D eigenvalue weighted by molar-refractivity contribution is -0.173. The van der Waals surface area contributed by atoms with Gasteiger partial charge in [-0.3, -0.25) is 4.79 Å². The number of nitrogens with zero attached hydrogens (tertiary/aromatic N) is 1. The van der Waals surface area contributed by atoms with Gasteiger partial charge in [-0.1, -0.05) is 0 Å². The summed E-state index contributed by atoms with van der Waals surface area (Å²) in [5.74, 6) is -1.09. The van der Waals surface area contributed by atoms with Gasteiger partial charge in [-0.2, -0.15) is 5.26 Å². The van der Waals surface area contributed by atoms with Gasteiger partial charge in [0.1, 0.15) is 6.07 Å². The molecule has 1 N–H and O–H groups in total. The molecule has 92 valence electrons. The van der Waals surface area contributed by atoms with Crippen LogP contribution >= 0.6 is 0 Å². The molecule has 1 aliphatic heterocycles. The highest BCUT2D eigenvalue weighted by molar-refractivity contribution is 5.86. The first-order valence-electron chi connectivity index (χ1n) is 5.11. The summed E-state index contributed by atoms with van der Waals surface area (Å²) >= 11 is 0. The molecule has 0 spiro atoms. The number of hydrogen-bond donors (Lipinski definition) is 1. The molecule has 0 aliphatic carbocycles. The van der Waals surface area contributed by atoms with Crippen molar-refractivity contribution < 1.29 is 19.1 Å². The number of esters is 1. The summed E-state index contributed by atoms with van der Waals surface area (Å²) in [7, 11) is 1.20. The van der Waals surface area contributed by atoms with Crippen molar-refractivity contribution in [3.05, 3.63) is 11.3 Å². The zero-order chi connectivity index (χ0) is 13.1. The van der Waals surface area contributed by atoms with E-state index in [2.05, 4.69) is 10.1 Å². The second-order valence-electron chi connectivity index (χ2n) is 3.82. The van der Waals surface area contributed by atoms with Crippen LogP contribution in [0.5, 0.6) is 0 Å². The Morgan fingerprint density at radius 1 is 1.59 bits per heavy atom. The summed E-state index contributed by atoms with van der Waals surface area (Å²) in [5.41, 5.74) is -0.831. The van der Waals surface area contributed by atoms with Gasteiger partial charge in [0.2, 0.25) is 5.91 Å². The monoisotopic (exact) mass is 238 g/mol. The maximum Gasteiger partial charge on any atom is 0.372 e. The highest BCUT2D eigenvalue weighted by Gasteiger charge is 2.46. The van der Waals surface area contributed by atoms with Crippen molar-refractivity contribution >= 4 is 11.9 Å². The highest BCUT2D eigenvalue weighted by atomic mass is 16.6. The standard InChI is InChI=1S/C11H14N2O4/c1-7-4-5-11(10(15)16-3,13-8(2)14)17-9(7)6-12/h4-5H2,1-3H3,(H,13,14). The molecule has 0 aromatic heterocycles. The number of methoxy groups -OCH3 is 1. The maximum atomic E-state index is 11.7. The van der Waals surface area contributed by atoms with Gasteiger partial charge in [0.05, 0.1) is 7.11 Å². The Labute approximate surface area is 99.2 Å². The molecule has 1 atom stereocenters. The van der Waals surface area contributed by atoms with Gasteiger partial charge in [-0.25, -0.2) is 4.79 Å². The Bertz CT molecular complexity index is 422. The van der Waals surface area contributed by atoms with Crippen LogP contribution in [-0.2, 0) is 19.1 Å². The van der Waals surface area contributed by atoms with E-state index in [1.165, 1.54) is 14.0 Å². The number of nitriles is 1. The summed E-state index contributed by atoms with van der Waals surface area (Å²) < 4.78 is 9.92. The number of allylic oxidation sites excluding steroid dienone is 2. The molecule has 0 fully saturated rings. The lowest BCUT2D eigenvalue weighted by atomic mass is 9.98. The number of amides is 1. The topological polar surface area (TPSA) is 88.4 Å². The van der Waals surface area contributed by atoms with E-state index in [4.69, 9.17) is 10.00 Å². The number of carbonyl (C=O) groups is 2. The van der Waals surface area contributed by atoms with E-state index < -0.39 is 17.6 Å². The van der Waals surface area contributed by atoms with E-state index in [-0.39, 0.29) is 12.2 Å². The minimum atomic E-state index is -1.58. The normalized spacial score (nSPS) is 23.4. The molecule has 0 saturated heterocycles. The largest absolute Gasteiger partial charge is 0.465 e. The first-order chi connectivity index (χ1) is 7.95. The average Bonchev–Trinajstić information content (AvgIpc) is 2.30. The van der Waals surface area contributed by atoms with Crippen LogP contribution in [0.4, 0.5) is 0 Å². The average molecular weight is 238 g/mol. The fourth-order valence-corrected chi connectivity index (χ4v) is 1.64. The van der Waals surface area contributed by atoms with Crippen LogP contribution in [0.2, 0.25) is 0 Å². The zero-order valence-electron chi connectivity index (χ0n) is 9.99. The third-order valence-electron chi connectivity index (χ3n) is 2.51. The summed E-state index contributed by atoms with van der Waals surface area (Å²) in [6.45, 7) is 3.01. The molecular formula is C11H14N2O4. The molecule has 0 bridgehead atoms. The van der Waals surface area contributed by atoms with Gasteiger partial charge < -0.3 is 14.8 Å². The molecule has 6 nitrogen and oxygen atoms in total. The van der Waals surface area contributed by atoms with E-state index >= 15 is 0 Å². The quantitative estimate of drug-likeness (QED) is 0.711. The van der Waals surface area contributed by atoms with Crippen LogP contribution < -0.4 is 5.32 Å². The van der Waals surface area contributed by atoms with E-state index in [1.807, 2.05) is 6.07 Å². The van der Waals surface area contributed by atoms with Crippen LogP contribution in [0.25, 0.3) is 0 Å². The van der Waals surface area contributed by atoms with Crippen LogP contribution in [0.3, 0.4) is 0 Å². The molecule has 6 heteroatoms. The minimum Gasteiger partial charge on any atom is -0.465 e. The molecule has 0 aromatic carbocycles. The van der Waals surface area contributed by atoms with Gasteiger partial charge in [-0.05, 0) is 18.9 Å². The molecule has 17 heavy (non-hydrogen) atoms. The van der Waals surface area contributed by atoms with E-state index in [0.29, 0.717) is 6.42 Å². The minimum absolute atomic E-state index is 0.0513. The van der Waals surface area contributed by atoms with E-state index in [0.717, 1.165) is 5.57 Å². The molecule has 1 rings (SSSR count). The smallest absolute Gasteiger partial charge is 0.372 e. The van der Waals surface area contributed by atoms with Crippen molar-refractivity contribution in [3.8, 4) is 6.07 Å². The Morgan fingerprint density at radius 2 is 2.24 bits per heavy atom. The van der Waals surface area contributed by atoms with Crippen LogP contribution in [0.1, 0.15) is 26.7 Å². The lowest BCUT2D eigenvalue weighted by Gasteiger charge is -2.35. The number of rotatable bonds is 2. The molecule has 0 saturated carbocycles.